The van der Waals surface area contributed by atoms with Crippen LogP contribution in [-0.2, 0) is 10.0 Å². The van der Waals surface area contributed by atoms with Gasteiger partial charge in [0.15, 0.2) is 14.5 Å². The third-order valence-electron chi connectivity index (χ3n) is 1.96. The SMILES string of the molecule is O=S(=O)(Nc1c(F)cc(F)cc1Br)c1cnc(Cl)s1. The topological polar surface area (TPSA) is 59.1 Å². The molecule has 2 aromatic rings. The molecule has 1 heterocycles. The van der Waals surface area contributed by atoms with Gasteiger partial charge in [-0.15, -0.1) is 0 Å². The van der Waals surface area contributed by atoms with Gasteiger partial charge in [-0.25, -0.2) is 22.2 Å². The highest BCUT2D eigenvalue weighted by Gasteiger charge is 2.21. The van der Waals surface area contributed by atoms with Crippen LogP contribution < -0.4 is 4.72 Å². The van der Waals surface area contributed by atoms with Crippen LogP contribution in [0.5, 0.6) is 0 Å². The summed E-state index contributed by atoms with van der Waals surface area (Å²) in [7, 11) is -4.02. The fourth-order valence-corrected chi connectivity index (χ4v) is 4.21. The van der Waals surface area contributed by atoms with Crippen molar-refractivity contribution in [2.45, 2.75) is 4.21 Å². The quantitative estimate of drug-likeness (QED) is 0.872. The van der Waals surface area contributed by atoms with E-state index in [-0.39, 0.29) is 18.8 Å². The molecule has 0 fully saturated rings. The third-order valence-corrected chi connectivity index (χ3v) is 5.52. The van der Waals surface area contributed by atoms with Crippen molar-refractivity contribution >= 4 is 54.6 Å². The summed E-state index contributed by atoms with van der Waals surface area (Å²) in [4.78, 5) is 3.58. The summed E-state index contributed by atoms with van der Waals surface area (Å²) in [5.41, 5.74) is -0.383. The molecule has 0 atom stereocenters. The molecule has 1 aromatic heterocycles. The summed E-state index contributed by atoms with van der Waals surface area (Å²) in [5.74, 6) is -1.86. The van der Waals surface area contributed by atoms with Crippen molar-refractivity contribution in [2.24, 2.45) is 0 Å². The lowest BCUT2D eigenvalue weighted by atomic mass is 10.3. The summed E-state index contributed by atoms with van der Waals surface area (Å²) in [5, 5.41) is 0. The highest BCUT2D eigenvalue weighted by molar-refractivity contribution is 9.10. The molecule has 102 valence electrons. The first-order chi connectivity index (χ1) is 8.79. The molecule has 0 unspecified atom stereocenters. The molecule has 0 aliphatic heterocycles. The van der Waals surface area contributed by atoms with Gasteiger partial charge in [0, 0.05) is 10.5 Å². The number of aromatic nitrogens is 1. The van der Waals surface area contributed by atoms with E-state index in [2.05, 4.69) is 20.9 Å². The fourth-order valence-electron chi connectivity index (χ4n) is 1.19. The standard InChI is InChI=1S/C9H4BrClF2N2O2S2/c10-5-1-4(12)2-6(13)8(5)15-19(16,17)7-3-14-9(11)18-7/h1-3,15H. The number of hydrogen-bond donors (Lipinski definition) is 1. The molecule has 4 nitrogen and oxygen atoms in total. The maximum Gasteiger partial charge on any atom is 0.273 e. The summed E-state index contributed by atoms with van der Waals surface area (Å²) in [6, 6.07) is 1.52. The Kier molecular flexibility index (Phi) is 4.09. The van der Waals surface area contributed by atoms with Crippen molar-refractivity contribution in [1.82, 2.24) is 4.98 Å². The number of sulfonamides is 1. The van der Waals surface area contributed by atoms with Crippen LogP contribution in [0.3, 0.4) is 0 Å². The normalized spacial score (nSPS) is 11.6. The Balaban J connectivity index is 2.41. The lowest BCUT2D eigenvalue weighted by Crippen LogP contribution is -2.13. The average molecular weight is 390 g/mol. The van der Waals surface area contributed by atoms with E-state index in [4.69, 9.17) is 11.6 Å². The van der Waals surface area contributed by atoms with E-state index in [0.717, 1.165) is 23.6 Å². The van der Waals surface area contributed by atoms with Crippen LogP contribution >= 0.6 is 38.9 Å². The number of anilines is 1. The van der Waals surface area contributed by atoms with E-state index in [1.54, 1.807) is 0 Å². The van der Waals surface area contributed by atoms with Crippen molar-refractivity contribution in [2.75, 3.05) is 4.72 Å². The fraction of sp³-hybridized carbons (Fsp3) is 0. The zero-order chi connectivity index (χ0) is 14.2. The predicted molar refractivity (Wildman–Crippen MR) is 72.0 cm³/mol. The molecule has 10 heteroatoms. The smallest absolute Gasteiger partial charge is 0.273 e. The minimum atomic E-state index is -4.02. The largest absolute Gasteiger partial charge is 0.275 e. The van der Waals surface area contributed by atoms with E-state index in [9.17, 15) is 17.2 Å². The van der Waals surface area contributed by atoms with Crippen LogP contribution in [0.1, 0.15) is 0 Å². The molecule has 0 amide bonds. The molecule has 2 rings (SSSR count). The van der Waals surface area contributed by atoms with E-state index < -0.39 is 21.7 Å². The molecule has 0 spiro atoms. The monoisotopic (exact) mass is 388 g/mol. The van der Waals surface area contributed by atoms with E-state index >= 15 is 0 Å². The van der Waals surface area contributed by atoms with Crippen LogP contribution in [0.15, 0.2) is 27.0 Å². The highest BCUT2D eigenvalue weighted by atomic mass is 79.9. The summed E-state index contributed by atoms with van der Waals surface area (Å²) < 4.78 is 52.1. The predicted octanol–water partition coefficient (Wildman–Crippen LogP) is 3.64. The van der Waals surface area contributed by atoms with Crippen molar-refractivity contribution in [3.63, 3.8) is 0 Å². The first kappa shape index (κ1) is 14.6. The van der Waals surface area contributed by atoms with E-state index in [0.29, 0.717) is 6.07 Å². The maximum atomic E-state index is 13.5. The van der Waals surface area contributed by atoms with Crippen molar-refractivity contribution in [3.8, 4) is 0 Å². The molecule has 0 radical (unpaired) electrons. The zero-order valence-electron chi connectivity index (χ0n) is 8.82. The molecule has 0 bridgehead atoms. The van der Waals surface area contributed by atoms with Gasteiger partial charge in [-0.3, -0.25) is 4.72 Å². The van der Waals surface area contributed by atoms with Gasteiger partial charge in [-0.05, 0) is 22.0 Å². The number of nitrogens with zero attached hydrogens (tertiary/aromatic N) is 1. The van der Waals surface area contributed by atoms with Gasteiger partial charge in [-0.1, -0.05) is 22.9 Å². The molecule has 0 aliphatic rings. The Morgan fingerprint density at radius 3 is 2.58 bits per heavy atom. The Labute approximate surface area is 124 Å². The second kappa shape index (κ2) is 5.31. The molecule has 1 aromatic carbocycles. The van der Waals surface area contributed by atoms with Crippen molar-refractivity contribution < 1.29 is 17.2 Å². The van der Waals surface area contributed by atoms with Gasteiger partial charge in [0.2, 0.25) is 0 Å². The number of hydrogen-bond acceptors (Lipinski definition) is 4. The molecule has 0 saturated carbocycles. The zero-order valence-corrected chi connectivity index (χ0v) is 12.8. The molecule has 1 N–H and O–H groups in total. The van der Waals surface area contributed by atoms with Crippen molar-refractivity contribution in [1.29, 1.82) is 0 Å². The molecule has 19 heavy (non-hydrogen) atoms. The molecular formula is C9H4BrClF2N2O2S2. The number of nitrogens with one attached hydrogen (secondary N) is 1. The number of thiazole rings is 1. The summed E-state index contributed by atoms with van der Waals surface area (Å²) in [6.07, 6.45) is 1.05. The van der Waals surface area contributed by atoms with E-state index in [1.807, 2.05) is 4.72 Å². The third kappa shape index (κ3) is 3.22. The van der Waals surface area contributed by atoms with Crippen molar-refractivity contribution in [3.05, 3.63) is 38.9 Å². The first-order valence-corrected chi connectivity index (χ1v) is 8.05. The van der Waals surface area contributed by atoms with Gasteiger partial charge in [-0.2, -0.15) is 0 Å². The average Bonchev–Trinajstić information content (AvgIpc) is 2.71. The number of benzene rings is 1. The van der Waals surface area contributed by atoms with Crippen LogP contribution in [0, 0.1) is 11.6 Å². The van der Waals surface area contributed by atoms with Gasteiger partial charge in [0.25, 0.3) is 10.0 Å². The highest BCUT2D eigenvalue weighted by Crippen LogP contribution is 2.30. The van der Waals surface area contributed by atoms with Gasteiger partial charge in [0.1, 0.15) is 5.82 Å². The van der Waals surface area contributed by atoms with Crippen LogP contribution in [0.25, 0.3) is 0 Å². The minimum Gasteiger partial charge on any atom is -0.275 e. The van der Waals surface area contributed by atoms with Crippen LogP contribution in [0.2, 0.25) is 4.47 Å². The number of rotatable bonds is 3. The molecule has 0 saturated heterocycles. The van der Waals surface area contributed by atoms with Gasteiger partial charge >= 0.3 is 0 Å². The Morgan fingerprint density at radius 2 is 2.05 bits per heavy atom. The first-order valence-electron chi connectivity index (χ1n) is 4.58. The minimum absolute atomic E-state index is 0.0408. The Morgan fingerprint density at radius 1 is 1.37 bits per heavy atom. The van der Waals surface area contributed by atoms with Gasteiger partial charge < -0.3 is 0 Å². The van der Waals surface area contributed by atoms with E-state index in [1.165, 1.54) is 0 Å². The van der Waals surface area contributed by atoms with Crippen LogP contribution in [0.4, 0.5) is 14.5 Å². The second-order valence-corrected chi connectivity index (χ2v) is 7.66. The number of halogens is 4. The summed E-state index contributed by atoms with van der Waals surface area (Å²) in [6.45, 7) is 0. The Bertz CT molecular complexity index is 713. The van der Waals surface area contributed by atoms with Crippen LogP contribution in [-0.4, -0.2) is 13.4 Å². The molecule has 0 aliphatic carbocycles. The second-order valence-electron chi connectivity index (χ2n) is 3.28. The summed E-state index contributed by atoms with van der Waals surface area (Å²) >= 11 is 9.14. The maximum absolute atomic E-state index is 13.5. The molecular weight excluding hydrogens is 386 g/mol. The van der Waals surface area contributed by atoms with Gasteiger partial charge in [0.05, 0.1) is 11.9 Å². The Hall–Kier alpha value is -0.770. The lowest BCUT2D eigenvalue weighted by Gasteiger charge is -2.09. The lowest BCUT2D eigenvalue weighted by molar-refractivity contribution is 0.582.